The first-order chi connectivity index (χ1) is 8.37. The van der Waals surface area contributed by atoms with Crippen LogP contribution in [0, 0.1) is 0 Å². The molecule has 3 N–H and O–H groups in total. The van der Waals surface area contributed by atoms with Gasteiger partial charge in [0.2, 0.25) is 0 Å². The minimum Gasteiger partial charge on any atom is -0.480 e. The lowest BCUT2D eigenvalue weighted by Crippen LogP contribution is -2.54. The maximum absolute atomic E-state index is 11.0. The van der Waals surface area contributed by atoms with Crippen LogP contribution in [0.15, 0.2) is 0 Å². The zero-order valence-electron chi connectivity index (χ0n) is 12.3. The molecule has 5 nitrogen and oxygen atoms in total. The molecule has 0 aliphatic carbocycles. The van der Waals surface area contributed by atoms with E-state index in [-0.39, 0.29) is 0 Å². The van der Waals surface area contributed by atoms with Crippen LogP contribution in [0.2, 0.25) is 0 Å². The Morgan fingerprint density at radius 3 is 1.94 bits per heavy atom. The molecule has 5 heteroatoms. The van der Waals surface area contributed by atoms with Gasteiger partial charge in [0, 0.05) is 6.54 Å². The predicted octanol–water partition coefficient (Wildman–Crippen LogP) is 0.842. The maximum Gasteiger partial charge on any atom is 0.324 e. The van der Waals surface area contributed by atoms with Crippen molar-refractivity contribution >= 4 is 5.97 Å². The fourth-order valence-corrected chi connectivity index (χ4v) is 1.94. The topological polar surface area (TPSA) is 69.8 Å². The van der Waals surface area contributed by atoms with Gasteiger partial charge < -0.3 is 20.6 Å². The number of carboxylic acids is 1. The van der Waals surface area contributed by atoms with Crippen LogP contribution in [0.5, 0.6) is 0 Å². The summed E-state index contributed by atoms with van der Waals surface area (Å²) in [5.74, 6) is -0.940. The lowest BCUT2D eigenvalue weighted by molar-refractivity contribution is -0.143. The standard InChI is InChI=1S/C13H29N3O2/c1-5-15(6-2)9-8-10-16(7-3)11-13(4,14)12(17)18/h5-11,14H2,1-4H3,(H,17,18). The average molecular weight is 259 g/mol. The van der Waals surface area contributed by atoms with Crippen LogP contribution < -0.4 is 5.73 Å². The van der Waals surface area contributed by atoms with Crippen LogP contribution >= 0.6 is 0 Å². The molecular weight excluding hydrogens is 230 g/mol. The average Bonchev–Trinajstić information content (AvgIpc) is 2.32. The number of carbonyl (C=O) groups is 1. The summed E-state index contributed by atoms with van der Waals surface area (Å²) in [6.45, 7) is 13.2. The van der Waals surface area contributed by atoms with E-state index in [0.29, 0.717) is 6.54 Å². The van der Waals surface area contributed by atoms with Crippen molar-refractivity contribution in [1.29, 1.82) is 0 Å². The molecule has 0 rings (SSSR count). The molecule has 0 aliphatic heterocycles. The Balaban J connectivity index is 4.09. The highest BCUT2D eigenvalue weighted by Gasteiger charge is 2.29. The summed E-state index contributed by atoms with van der Waals surface area (Å²) < 4.78 is 0. The second-order valence-electron chi connectivity index (χ2n) is 4.97. The van der Waals surface area contributed by atoms with E-state index in [9.17, 15) is 4.79 Å². The predicted molar refractivity (Wildman–Crippen MR) is 74.7 cm³/mol. The normalized spacial score (nSPS) is 15.1. The second kappa shape index (κ2) is 8.45. The van der Waals surface area contributed by atoms with E-state index < -0.39 is 11.5 Å². The molecule has 108 valence electrons. The van der Waals surface area contributed by atoms with Gasteiger partial charge in [-0.25, -0.2) is 0 Å². The number of carboxylic acid groups (broad SMARTS) is 1. The van der Waals surface area contributed by atoms with Crippen molar-refractivity contribution in [1.82, 2.24) is 9.80 Å². The quantitative estimate of drug-likeness (QED) is 0.608. The molecule has 0 amide bonds. The minimum atomic E-state index is -1.16. The first-order valence-electron chi connectivity index (χ1n) is 6.84. The molecule has 0 spiro atoms. The van der Waals surface area contributed by atoms with E-state index in [1.54, 1.807) is 6.92 Å². The summed E-state index contributed by atoms with van der Waals surface area (Å²) in [4.78, 5) is 15.5. The molecule has 0 saturated carbocycles. The monoisotopic (exact) mass is 259 g/mol. The number of nitrogens with zero attached hydrogens (tertiary/aromatic N) is 2. The number of hydrogen-bond acceptors (Lipinski definition) is 4. The molecule has 0 radical (unpaired) electrons. The van der Waals surface area contributed by atoms with Gasteiger partial charge in [-0.15, -0.1) is 0 Å². The Hall–Kier alpha value is -0.650. The van der Waals surface area contributed by atoms with Crippen molar-refractivity contribution in [3.05, 3.63) is 0 Å². The molecule has 0 saturated heterocycles. The Morgan fingerprint density at radius 2 is 1.56 bits per heavy atom. The molecule has 0 fully saturated rings. The fraction of sp³-hybridized carbons (Fsp3) is 0.923. The number of nitrogens with two attached hydrogens (primary N) is 1. The first kappa shape index (κ1) is 17.4. The Morgan fingerprint density at radius 1 is 1.11 bits per heavy atom. The molecule has 0 aliphatic rings. The third-order valence-electron chi connectivity index (χ3n) is 3.33. The van der Waals surface area contributed by atoms with Gasteiger partial charge in [-0.05, 0) is 46.1 Å². The van der Waals surface area contributed by atoms with Crippen molar-refractivity contribution in [2.75, 3.05) is 39.3 Å². The molecule has 0 aromatic heterocycles. The molecule has 0 bridgehead atoms. The molecule has 0 heterocycles. The largest absolute Gasteiger partial charge is 0.480 e. The van der Waals surface area contributed by atoms with Gasteiger partial charge >= 0.3 is 5.97 Å². The lowest BCUT2D eigenvalue weighted by Gasteiger charge is -2.29. The van der Waals surface area contributed by atoms with Crippen LogP contribution in [0.25, 0.3) is 0 Å². The molecule has 0 aromatic carbocycles. The van der Waals surface area contributed by atoms with E-state index in [0.717, 1.165) is 39.1 Å². The van der Waals surface area contributed by atoms with Crippen molar-refractivity contribution in [2.45, 2.75) is 39.7 Å². The van der Waals surface area contributed by atoms with Gasteiger partial charge in [0.25, 0.3) is 0 Å². The van der Waals surface area contributed by atoms with Crippen molar-refractivity contribution in [3.8, 4) is 0 Å². The SMILES string of the molecule is CCN(CC)CCCN(CC)CC(C)(N)C(=O)O. The van der Waals surface area contributed by atoms with Gasteiger partial charge in [-0.1, -0.05) is 20.8 Å². The van der Waals surface area contributed by atoms with E-state index in [4.69, 9.17) is 10.8 Å². The summed E-state index contributed by atoms with van der Waals surface area (Å²) in [6, 6.07) is 0. The van der Waals surface area contributed by atoms with Crippen molar-refractivity contribution < 1.29 is 9.90 Å². The molecule has 1 atom stereocenters. The van der Waals surface area contributed by atoms with Gasteiger partial charge in [0.15, 0.2) is 0 Å². The third-order valence-corrected chi connectivity index (χ3v) is 3.33. The van der Waals surface area contributed by atoms with Crippen LogP contribution in [0.1, 0.15) is 34.1 Å². The second-order valence-corrected chi connectivity index (χ2v) is 4.97. The van der Waals surface area contributed by atoms with Gasteiger partial charge in [0.1, 0.15) is 5.54 Å². The van der Waals surface area contributed by atoms with Gasteiger partial charge in [-0.3, -0.25) is 4.79 Å². The highest BCUT2D eigenvalue weighted by atomic mass is 16.4. The number of aliphatic carboxylic acids is 1. The summed E-state index contributed by atoms with van der Waals surface area (Å²) in [6.07, 6.45) is 1.05. The lowest BCUT2D eigenvalue weighted by atomic mass is 10.0. The highest BCUT2D eigenvalue weighted by molar-refractivity contribution is 5.78. The zero-order chi connectivity index (χ0) is 14.2. The van der Waals surface area contributed by atoms with E-state index in [2.05, 4.69) is 23.6 Å². The summed E-state index contributed by atoms with van der Waals surface area (Å²) >= 11 is 0. The van der Waals surface area contributed by atoms with Crippen molar-refractivity contribution in [3.63, 3.8) is 0 Å². The van der Waals surface area contributed by atoms with E-state index >= 15 is 0 Å². The van der Waals surface area contributed by atoms with E-state index in [1.807, 2.05) is 6.92 Å². The van der Waals surface area contributed by atoms with Gasteiger partial charge in [-0.2, -0.15) is 0 Å². The smallest absolute Gasteiger partial charge is 0.324 e. The van der Waals surface area contributed by atoms with Crippen LogP contribution in [-0.2, 0) is 4.79 Å². The maximum atomic E-state index is 11.0. The highest BCUT2D eigenvalue weighted by Crippen LogP contribution is 2.04. The molecular formula is C13H29N3O2. The Kier molecular flexibility index (Phi) is 8.15. The number of hydrogen-bond donors (Lipinski definition) is 2. The summed E-state index contributed by atoms with van der Waals surface area (Å²) in [5, 5.41) is 9.02. The summed E-state index contributed by atoms with van der Waals surface area (Å²) in [5.41, 5.74) is 4.61. The van der Waals surface area contributed by atoms with E-state index in [1.165, 1.54) is 0 Å². The number of likely N-dealkylation sites (N-methyl/N-ethyl adjacent to an activating group) is 1. The minimum absolute atomic E-state index is 0.400. The zero-order valence-corrected chi connectivity index (χ0v) is 12.3. The summed E-state index contributed by atoms with van der Waals surface area (Å²) in [7, 11) is 0. The third kappa shape index (κ3) is 6.33. The van der Waals surface area contributed by atoms with Crippen LogP contribution in [0.3, 0.4) is 0 Å². The van der Waals surface area contributed by atoms with Crippen LogP contribution in [0.4, 0.5) is 0 Å². The van der Waals surface area contributed by atoms with Crippen LogP contribution in [-0.4, -0.2) is 65.7 Å². The molecule has 18 heavy (non-hydrogen) atoms. The molecule has 1 unspecified atom stereocenters. The Labute approximate surface area is 111 Å². The first-order valence-corrected chi connectivity index (χ1v) is 6.84. The Bertz CT molecular complexity index is 240. The fourth-order valence-electron chi connectivity index (χ4n) is 1.94. The van der Waals surface area contributed by atoms with Gasteiger partial charge in [0.05, 0.1) is 0 Å². The van der Waals surface area contributed by atoms with Crippen molar-refractivity contribution in [2.24, 2.45) is 5.73 Å². The number of rotatable bonds is 10. The molecule has 0 aromatic rings.